The molecule has 0 aromatic carbocycles. The van der Waals surface area contributed by atoms with Gasteiger partial charge in [0, 0.05) is 13.0 Å². The van der Waals surface area contributed by atoms with E-state index in [1.807, 2.05) is 6.92 Å². The fourth-order valence-electron chi connectivity index (χ4n) is 3.39. The highest BCUT2D eigenvalue weighted by Gasteiger charge is 2.00. The Hall–Kier alpha value is -0.120. The van der Waals surface area contributed by atoms with Crippen LogP contribution < -0.4 is 5.32 Å². The van der Waals surface area contributed by atoms with Gasteiger partial charge in [0.15, 0.2) is 0 Å². The summed E-state index contributed by atoms with van der Waals surface area (Å²) >= 11 is 0. The largest absolute Gasteiger partial charge is 0.381 e. The van der Waals surface area contributed by atoms with Crippen LogP contribution in [0, 0.1) is 0 Å². The molecule has 0 aliphatic carbocycles. The Labute approximate surface area is 164 Å². The summed E-state index contributed by atoms with van der Waals surface area (Å²) in [4.78, 5) is 0. The average Bonchev–Trinajstić information content (AvgIpc) is 2.64. The molecule has 0 aliphatic heterocycles. The minimum Gasteiger partial charge on any atom is -0.381 e. The summed E-state index contributed by atoms with van der Waals surface area (Å²) in [7, 11) is 0. The minimum absolute atomic E-state index is 0.411. The van der Waals surface area contributed by atoms with Crippen LogP contribution in [0.1, 0.15) is 123 Å². The van der Waals surface area contributed by atoms with Gasteiger partial charge in [0.2, 0.25) is 0 Å². The summed E-state index contributed by atoms with van der Waals surface area (Å²) in [5.74, 6) is 0. The third kappa shape index (κ3) is 21.9. The molecule has 0 fully saturated rings. The van der Waals surface area contributed by atoms with E-state index in [-0.39, 0.29) is 0 Å². The van der Waals surface area contributed by atoms with Gasteiger partial charge in [-0.3, -0.25) is 5.32 Å². The summed E-state index contributed by atoms with van der Waals surface area (Å²) in [5.41, 5.74) is 0. The maximum atomic E-state index is 9.50. The van der Waals surface area contributed by atoms with Gasteiger partial charge in [-0.2, -0.15) is 0 Å². The number of rotatable bonds is 22. The van der Waals surface area contributed by atoms with Crippen molar-refractivity contribution in [2.24, 2.45) is 0 Å². The topological polar surface area (TPSA) is 41.5 Å². The Bertz CT molecular complexity index is 248. The van der Waals surface area contributed by atoms with Crippen LogP contribution in [0.25, 0.3) is 0 Å². The highest BCUT2D eigenvalue weighted by molar-refractivity contribution is 4.51. The van der Waals surface area contributed by atoms with E-state index >= 15 is 0 Å². The van der Waals surface area contributed by atoms with Crippen LogP contribution in [0.15, 0.2) is 0 Å². The molecule has 0 saturated carbocycles. The molecule has 0 bridgehead atoms. The van der Waals surface area contributed by atoms with Crippen molar-refractivity contribution >= 4 is 0 Å². The maximum Gasteiger partial charge on any atom is 0.107 e. The van der Waals surface area contributed by atoms with E-state index in [4.69, 9.17) is 4.74 Å². The standard InChI is InChI=1S/C23H49NO2/c1-3-5-6-7-8-9-10-11-12-13-14-15-16-17-18-19-21-26-22-20-23(25)24-4-2/h23-25H,3-22H2,1-2H3. The molecule has 0 radical (unpaired) electrons. The molecule has 0 rings (SSSR count). The van der Waals surface area contributed by atoms with E-state index in [1.54, 1.807) is 0 Å². The van der Waals surface area contributed by atoms with Gasteiger partial charge in [0.25, 0.3) is 0 Å². The van der Waals surface area contributed by atoms with Crippen molar-refractivity contribution in [2.45, 2.75) is 129 Å². The molecule has 0 heterocycles. The van der Waals surface area contributed by atoms with Crippen LogP contribution in [0.4, 0.5) is 0 Å². The van der Waals surface area contributed by atoms with Crippen molar-refractivity contribution in [1.29, 1.82) is 0 Å². The number of ether oxygens (including phenoxy) is 1. The van der Waals surface area contributed by atoms with Crippen molar-refractivity contribution in [3.63, 3.8) is 0 Å². The van der Waals surface area contributed by atoms with Crippen LogP contribution in [0.5, 0.6) is 0 Å². The molecule has 3 nitrogen and oxygen atoms in total. The molecule has 1 atom stereocenters. The van der Waals surface area contributed by atoms with Crippen molar-refractivity contribution in [2.75, 3.05) is 19.8 Å². The predicted molar refractivity (Wildman–Crippen MR) is 115 cm³/mol. The van der Waals surface area contributed by atoms with E-state index < -0.39 is 6.23 Å². The van der Waals surface area contributed by atoms with Crippen molar-refractivity contribution in [1.82, 2.24) is 5.32 Å². The molecule has 2 N–H and O–H groups in total. The minimum atomic E-state index is -0.411. The Morgan fingerprint density at radius 1 is 0.615 bits per heavy atom. The molecule has 1 unspecified atom stereocenters. The monoisotopic (exact) mass is 371 g/mol. The molecule has 158 valence electrons. The Kier molecular flexibility index (Phi) is 22.8. The van der Waals surface area contributed by atoms with Gasteiger partial charge in [-0.05, 0) is 13.0 Å². The Morgan fingerprint density at radius 2 is 1.04 bits per heavy atom. The number of aliphatic hydroxyl groups excluding tert-OH is 1. The zero-order chi connectivity index (χ0) is 19.1. The van der Waals surface area contributed by atoms with Crippen molar-refractivity contribution < 1.29 is 9.84 Å². The number of unbranched alkanes of at least 4 members (excludes halogenated alkanes) is 15. The third-order valence-electron chi connectivity index (χ3n) is 5.12. The van der Waals surface area contributed by atoms with Gasteiger partial charge in [-0.1, -0.05) is 110 Å². The van der Waals surface area contributed by atoms with E-state index in [1.165, 1.54) is 96.3 Å². The lowest BCUT2D eigenvalue weighted by molar-refractivity contribution is 0.0651. The summed E-state index contributed by atoms with van der Waals surface area (Å²) in [6, 6.07) is 0. The second kappa shape index (κ2) is 22.9. The number of nitrogens with one attached hydrogen (secondary N) is 1. The van der Waals surface area contributed by atoms with Gasteiger partial charge >= 0.3 is 0 Å². The van der Waals surface area contributed by atoms with Gasteiger partial charge < -0.3 is 9.84 Å². The summed E-state index contributed by atoms with van der Waals surface area (Å²) in [5, 5.41) is 12.5. The van der Waals surface area contributed by atoms with E-state index in [9.17, 15) is 5.11 Å². The normalized spacial score (nSPS) is 12.6. The summed E-state index contributed by atoms with van der Waals surface area (Å²) < 4.78 is 5.57. The first-order chi connectivity index (χ1) is 12.8. The quantitative estimate of drug-likeness (QED) is 0.167. The Morgan fingerprint density at radius 3 is 1.46 bits per heavy atom. The molecule has 0 amide bonds. The van der Waals surface area contributed by atoms with Gasteiger partial charge in [-0.15, -0.1) is 0 Å². The number of hydrogen-bond donors (Lipinski definition) is 2. The number of aliphatic hydroxyl groups is 1. The average molecular weight is 372 g/mol. The molecule has 0 spiro atoms. The van der Waals surface area contributed by atoms with E-state index in [0.29, 0.717) is 13.0 Å². The Balaban J connectivity index is 3.01. The molecule has 0 aromatic heterocycles. The highest BCUT2D eigenvalue weighted by Crippen LogP contribution is 2.13. The van der Waals surface area contributed by atoms with Crippen molar-refractivity contribution in [3.8, 4) is 0 Å². The fraction of sp³-hybridized carbons (Fsp3) is 1.00. The lowest BCUT2D eigenvalue weighted by Gasteiger charge is -2.11. The molecular weight excluding hydrogens is 322 g/mol. The first-order valence-electron chi connectivity index (χ1n) is 11.8. The molecule has 26 heavy (non-hydrogen) atoms. The summed E-state index contributed by atoms with van der Waals surface area (Å²) in [6.07, 6.45) is 22.7. The lowest BCUT2D eigenvalue weighted by Crippen LogP contribution is -2.29. The number of hydrogen-bond acceptors (Lipinski definition) is 3. The SMILES string of the molecule is CCCCCCCCCCCCCCCCCCOCCC(O)NCC. The second-order valence-corrected chi connectivity index (χ2v) is 7.78. The maximum absolute atomic E-state index is 9.50. The van der Waals surface area contributed by atoms with E-state index in [2.05, 4.69) is 12.2 Å². The zero-order valence-corrected chi connectivity index (χ0v) is 18.1. The molecule has 0 aliphatic rings. The van der Waals surface area contributed by atoms with Gasteiger partial charge in [-0.25, -0.2) is 0 Å². The van der Waals surface area contributed by atoms with Crippen LogP contribution in [0.2, 0.25) is 0 Å². The van der Waals surface area contributed by atoms with Crippen LogP contribution in [-0.2, 0) is 4.74 Å². The smallest absolute Gasteiger partial charge is 0.107 e. The van der Waals surface area contributed by atoms with Crippen LogP contribution in [-0.4, -0.2) is 31.1 Å². The molecular formula is C23H49NO2. The van der Waals surface area contributed by atoms with Crippen molar-refractivity contribution in [3.05, 3.63) is 0 Å². The fourth-order valence-corrected chi connectivity index (χ4v) is 3.39. The molecule has 0 aromatic rings. The van der Waals surface area contributed by atoms with Gasteiger partial charge in [0.1, 0.15) is 6.23 Å². The zero-order valence-electron chi connectivity index (χ0n) is 18.1. The van der Waals surface area contributed by atoms with Gasteiger partial charge in [0.05, 0.1) is 6.61 Å². The lowest BCUT2D eigenvalue weighted by atomic mass is 10.0. The van der Waals surface area contributed by atoms with Crippen LogP contribution in [0.3, 0.4) is 0 Å². The third-order valence-corrected chi connectivity index (χ3v) is 5.12. The molecule has 0 saturated heterocycles. The van der Waals surface area contributed by atoms with Crippen LogP contribution >= 0.6 is 0 Å². The second-order valence-electron chi connectivity index (χ2n) is 7.78. The first-order valence-corrected chi connectivity index (χ1v) is 11.8. The highest BCUT2D eigenvalue weighted by atomic mass is 16.5. The first kappa shape index (κ1) is 25.9. The molecule has 3 heteroatoms. The predicted octanol–water partition coefficient (Wildman–Crippen LogP) is 6.58. The van der Waals surface area contributed by atoms with E-state index in [0.717, 1.165) is 19.6 Å². The summed E-state index contributed by atoms with van der Waals surface area (Å²) in [6.45, 7) is 6.60.